The van der Waals surface area contributed by atoms with Crippen molar-refractivity contribution in [3.05, 3.63) is 0 Å². The van der Waals surface area contributed by atoms with Gasteiger partial charge in [-0.15, -0.1) is 6.42 Å². The molecule has 0 spiro atoms. The normalized spacial score (nSPS) is 15.2. The molecule has 0 fully saturated rings. The molecule has 15 heavy (non-hydrogen) atoms. The first-order valence-corrected chi connectivity index (χ1v) is 5.40. The number of hydrogen-bond donors (Lipinski definition) is 0. The molecule has 2 nitrogen and oxygen atoms in total. The monoisotopic (exact) mass is 210 g/mol. The largest absolute Gasteiger partial charge is 0.449 e. The number of carbonyl (C=O) groups excluding carboxylic acids is 1. The maximum Gasteiger partial charge on any atom is 0.307 e. The maximum absolute atomic E-state index is 11.4. The molecule has 0 radical (unpaired) electrons. The van der Waals surface area contributed by atoms with E-state index in [1.807, 2.05) is 0 Å². The second-order valence-corrected chi connectivity index (χ2v) is 5.37. The average molecular weight is 210 g/mol. The Bertz CT molecular complexity index is 242. The van der Waals surface area contributed by atoms with Crippen LogP contribution in [0.15, 0.2) is 0 Å². The Hall–Kier alpha value is -0.970. The third-order valence-electron chi connectivity index (χ3n) is 2.02. The Morgan fingerprint density at radius 1 is 1.40 bits per heavy atom. The number of rotatable bonds is 4. The molecule has 2 heteroatoms. The maximum atomic E-state index is 11.4. The molecule has 0 heterocycles. The Morgan fingerprint density at radius 2 is 1.93 bits per heavy atom. The van der Waals surface area contributed by atoms with Crippen LogP contribution < -0.4 is 0 Å². The van der Waals surface area contributed by atoms with Gasteiger partial charge in [-0.2, -0.15) is 0 Å². The summed E-state index contributed by atoms with van der Waals surface area (Å²) in [4.78, 5) is 11.4. The summed E-state index contributed by atoms with van der Waals surface area (Å²) in [6, 6.07) is 0. The first-order valence-electron chi connectivity index (χ1n) is 5.40. The molecule has 0 aromatic rings. The van der Waals surface area contributed by atoms with Crippen molar-refractivity contribution in [2.75, 3.05) is 0 Å². The van der Waals surface area contributed by atoms with Crippen molar-refractivity contribution < 1.29 is 9.53 Å². The van der Waals surface area contributed by atoms with Gasteiger partial charge in [0.2, 0.25) is 0 Å². The SMILES string of the molecule is C#CC(C)OC(=O)CC(C)CC(C)(C)C. The van der Waals surface area contributed by atoms with Gasteiger partial charge in [0.25, 0.3) is 0 Å². The highest BCUT2D eigenvalue weighted by Crippen LogP contribution is 2.26. The highest BCUT2D eigenvalue weighted by molar-refractivity contribution is 5.70. The van der Waals surface area contributed by atoms with Gasteiger partial charge in [-0.25, -0.2) is 0 Å². The van der Waals surface area contributed by atoms with Crippen molar-refractivity contribution in [1.29, 1.82) is 0 Å². The molecule has 0 aliphatic heterocycles. The van der Waals surface area contributed by atoms with E-state index >= 15 is 0 Å². The molecule has 2 atom stereocenters. The summed E-state index contributed by atoms with van der Waals surface area (Å²) in [5.41, 5.74) is 0.247. The fourth-order valence-electron chi connectivity index (χ4n) is 1.68. The van der Waals surface area contributed by atoms with Crippen LogP contribution in [0.3, 0.4) is 0 Å². The lowest BCUT2D eigenvalue weighted by molar-refractivity contribution is -0.146. The smallest absolute Gasteiger partial charge is 0.307 e. The van der Waals surface area contributed by atoms with Crippen LogP contribution >= 0.6 is 0 Å². The zero-order valence-electron chi connectivity index (χ0n) is 10.5. The second kappa shape index (κ2) is 5.80. The summed E-state index contributed by atoms with van der Waals surface area (Å²) < 4.78 is 5.01. The molecule has 0 aromatic carbocycles. The van der Waals surface area contributed by atoms with Crippen LogP contribution in [0.2, 0.25) is 0 Å². The molecule has 0 bridgehead atoms. The molecule has 86 valence electrons. The van der Waals surface area contributed by atoms with Gasteiger partial charge in [-0.1, -0.05) is 33.6 Å². The number of terminal acetylenes is 1. The molecule has 0 rings (SSSR count). The van der Waals surface area contributed by atoms with Gasteiger partial charge < -0.3 is 4.74 Å². The highest BCUT2D eigenvalue weighted by atomic mass is 16.5. The van der Waals surface area contributed by atoms with Gasteiger partial charge >= 0.3 is 5.97 Å². The van der Waals surface area contributed by atoms with E-state index in [1.54, 1.807) is 6.92 Å². The third kappa shape index (κ3) is 8.05. The lowest BCUT2D eigenvalue weighted by atomic mass is 9.84. The molecule has 2 unspecified atom stereocenters. The Morgan fingerprint density at radius 3 is 2.33 bits per heavy atom. The molecule has 0 amide bonds. The first-order chi connectivity index (χ1) is 6.74. The van der Waals surface area contributed by atoms with Gasteiger partial charge in [0, 0.05) is 6.42 Å². The van der Waals surface area contributed by atoms with Crippen LogP contribution in [-0.2, 0) is 9.53 Å². The van der Waals surface area contributed by atoms with Crippen molar-refractivity contribution in [2.45, 2.75) is 53.6 Å². The molecular formula is C13H22O2. The summed E-state index contributed by atoms with van der Waals surface area (Å²) in [6.07, 6.45) is 6.16. The molecule has 0 saturated carbocycles. The summed E-state index contributed by atoms with van der Waals surface area (Å²) in [5.74, 6) is 2.51. The molecule has 0 aliphatic rings. The van der Waals surface area contributed by atoms with E-state index in [-0.39, 0.29) is 11.4 Å². The number of carbonyl (C=O) groups is 1. The predicted octanol–water partition coefficient (Wildman–Crippen LogP) is 3.01. The Kier molecular flexibility index (Phi) is 5.43. The van der Waals surface area contributed by atoms with Crippen LogP contribution in [0, 0.1) is 23.7 Å². The minimum absolute atomic E-state index is 0.197. The van der Waals surface area contributed by atoms with E-state index in [1.165, 1.54) is 0 Å². The van der Waals surface area contributed by atoms with Crippen LogP contribution in [0.4, 0.5) is 0 Å². The first kappa shape index (κ1) is 14.0. The van der Waals surface area contributed by atoms with Gasteiger partial charge in [-0.3, -0.25) is 4.79 Å². The van der Waals surface area contributed by atoms with Crippen molar-refractivity contribution in [2.24, 2.45) is 11.3 Å². The van der Waals surface area contributed by atoms with Gasteiger partial charge in [0.1, 0.15) is 0 Å². The van der Waals surface area contributed by atoms with Crippen molar-refractivity contribution in [1.82, 2.24) is 0 Å². The Balaban J connectivity index is 3.93. The topological polar surface area (TPSA) is 26.3 Å². The Labute approximate surface area is 93.4 Å². The van der Waals surface area contributed by atoms with E-state index < -0.39 is 6.10 Å². The molecule has 0 saturated heterocycles. The summed E-state index contributed by atoms with van der Waals surface area (Å²) in [7, 11) is 0. The van der Waals surface area contributed by atoms with Gasteiger partial charge in [-0.05, 0) is 24.7 Å². The standard InChI is InChI=1S/C13H22O2/c1-7-11(3)15-12(14)8-10(2)9-13(4,5)6/h1,10-11H,8-9H2,2-6H3. The summed E-state index contributed by atoms with van der Waals surface area (Å²) in [5, 5.41) is 0. The average Bonchev–Trinajstić information content (AvgIpc) is 1.99. The minimum Gasteiger partial charge on any atom is -0.449 e. The molecule has 0 N–H and O–H groups in total. The van der Waals surface area contributed by atoms with Crippen molar-refractivity contribution >= 4 is 5.97 Å². The predicted molar refractivity (Wildman–Crippen MR) is 62.2 cm³/mol. The van der Waals surface area contributed by atoms with Crippen LogP contribution in [-0.4, -0.2) is 12.1 Å². The summed E-state index contributed by atoms with van der Waals surface area (Å²) >= 11 is 0. The van der Waals surface area contributed by atoms with E-state index in [4.69, 9.17) is 11.2 Å². The number of ether oxygens (including phenoxy) is 1. The number of hydrogen-bond acceptors (Lipinski definition) is 2. The van der Waals surface area contributed by atoms with Crippen LogP contribution in [0.1, 0.15) is 47.5 Å². The zero-order chi connectivity index (χ0) is 12.1. The van der Waals surface area contributed by atoms with E-state index in [0.29, 0.717) is 12.3 Å². The fourth-order valence-corrected chi connectivity index (χ4v) is 1.68. The third-order valence-corrected chi connectivity index (χ3v) is 2.02. The lowest BCUT2D eigenvalue weighted by Crippen LogP contribution is -2.18. The summed E-state index contributed by atoms with van der Waals surface area (Å²) in [6.45, 7) is 10.3. The van der Waals surface area contributed by atoms with Crippen molar-refractivity contribution in [3.63, 3.8) is 0 Å². The lowest BCUT2D eigenvalue weighted by Gasteiger charge is -2.22. The highest BCUT2D eigenvalue weighted by Gasteiger charge is 2.18. The van der Waals surface area contributed by atoms with Crippen LogP contribution in [0.25, 0.3) is 0 Å². The van der Waals surface area contributed by atoms with E-state index in [2.05, 4.69) is 33.6 Å². The van der Waals surface area contributed by atoms with E-state index in [9.17, 15) is 4.79 Å². The van der Waals surface area contributed by atoms with Crippen LogP contribution in [0.5, 0.6) is 0 Å². The molecular weight excluding hydrogens is 188 g/mol. The second-order valence-electron chi connectivity index (χ2n) is 5.37. The van der Waals surface area contributed by atoms with Gasteiger partial charge in [0.15, 0.2) is 6.10 Å². The van der Waals surface area contributed by atoms with E-state index in [0.717, 1.165) is 6.42 Å². The fraction of sp³-hybridized carbons (Fsp3) is 0.769. The zero-order valence-corrected chi connectivity index (χ0v) is 10.5. The van der Waals surface area contributed by atoms with Crippen molar-refractivity contribution in [3.8, 4) is 12.3 Å². The molecule has 0 aromatic heterocycles. The quantitative estimate of drug-likeness (QED) is 0.526. The molecule has 0 aliphatic carbocycles. The number of esters is 1. The minimum atomic E-state index is -0.417. The van der Waals surface area contributed by atoms with Gasteiger partial charge in [0.05, 0.1) is 0 Å².